The van der Waals surface area contributed by atoms with Crippen LogP contribution in [-0.4, -0.2) is 26.1 Å². The van der Waals surface area contributed by atoms with Crippen molar-refractivity contribution in [3.63, 3.8) is 0 Å². The second-order valence-electron chi connectivity index (χ2n) is 6.34. The van der Waals surface area contributed by atoms with Crippen molar-refractivity contribution in [2.75, 3.05) is 7.05 Å². The van der Waals surface area contributed by atoms with Crippen molar-refractivity contribution in [1.29, 1.82) is 0 Å². The van der Waals surface area contributed by atoms with Crippen LogP contribution in [0, 0.1) is 6.92 Å². The molecule has 3 aromatic carbocycles. The summed E-state index contributed by atoms with van der Waals surface area (Å²) < 4.78 is 31.8. The first kappa shape index (κ1) is 19.6. The zero-order chi connectivity index (χ0) is 20.0. The van der Waals surface area contributed by atoms with Gasteiger partial charge in [-0.25, -0.2) is 0 Å². The van der Waals surface area contributed by atoms with Crippen molar-refractivity contribution >= 4 is 16.2 Å². The van der Waals surface area contributed by atoms with E-state index in [-0.39, 0.29) is 4.90 Å². The molecule has 28 heavy (non-hydrogen) atoms. The highest BCUT2D eigenvalue weighted by Gasteiger charge is 2.18. The lowest BCUT2D eigenvalue weighted by atomic mass is 10.2. The SMILES string of the molecule is Cc1ccc(S(=O)(=O)N(C)N=Cc2ccc(OCc3ccccc3)cc2)cc1. The molecule has 0 bridgehead atoms. The number of aryl methyl sites for hydroxylation is 1. The number of sulfonamides is 1. The zero-order valence-corrected chi connectivity index (χ0v) is 16.6. The summed E-state index contributed by atoms with van der Waals surface area (Å²) in [6.07, 6.45) is 1.51. The molecule has 0 unspecified atom stereocenters. The molecule has 0 atom stereocenters. The van der Waals surface area contributed by atoms with Gasteiger partial charge in [-0.05, 0) is 54.4 Å². The van der Waals surface area contributed by atoms with Gasteiger partial charge in [0, 0.05) is 7.05 Å². The quantitative estimate of drug-likeness (QED) is 0.445. The summed E-state index contributed by atoms with van der Waals surface area (Å²) in [5.74, 6) is 0.738. The van der Waals surface area contributed by atoms with E-state index in [2.05, 4.69) is 5.10 Å². The highest BCUT2D eigenvalue weighted by Crippen LogP contribution is 2.16. The van der Waals surface area contributed by atoms with Crippen LogP contribution in [0.25, 0.3) is 0 Å². The molecule has 0 fully saturated rings. The van der Waals surface area contributed by atoms with Crippen molar-refractivity contribution in [2.45, 2.75) is 18.4 Å². The predicted molar refractivity (Wildman–Crippen MR) is 111 cm³/mol. The van der Waals surface area contributed by atoms with E-state index in [0.717, 1.165) is 26.9 Å². The van der Waals surface area contributed by atoms with E-state index in [1.807, 2.05) is 61.5 Å². The molecule has 0 aliphatic heterocycles. The number of nitrogens with zero attached hydrogens (tertiary/aromatic N) is 2. The van der Waals surface area contributed by atoms with Crippen molar-refractivity contribution in [3.8, 4) is 5.75 Å². The molecule has 0 aromatic heterocycles. The standard InChI is InChI=1S/C22H22N2O3S/c1-18-8-14-22(15-9-18)28(25,26)24(2)23-16-19-10-12-21(13-11-19)27-17-20-6-4-3-5-7-20/h3-16H,17H2,1-2H3. The van der Waals surface area contributed by atoms with Gasteiger partial charge in [-0.3, -0.25) is 0 Å². The highest BCUT2D eigenvalue weighted by molar-refractivity contribution is 7.89. The largest absolute Gasteiger partial charge is 0.489 e. The van der Waals surface area contributed by atoms with Gasteiger partial charge in [0.15, 0.2) is 0 Å². The van der Waals surface area contributed by atoms with Crippen LogP contribution in [0.1, 0.15) is 16.7 Å². The smallest absolute Gasteiger partial charge is 0.278 e. The summed E-state index contributed by atoms with van der Waals surface area (Å²) in [5, 5.41) is 4.07. The molecule has 144 valence electrons. The Balaban J connectivity index is 1.62. The van der Waals surface area contributed by atoms with Crippen molar-refractivity contribution in [1.82, 2.24) is 4.41 Å². The van der Waals surface area contributed by atoms with Gasteiger partial charge in [0.2, 0.25) is 0 Å². The number of rotatable bonds is 7. The fourth-order valence-corrected chi connectivity index (χ4v) is 3.42. The Morgan fingerprint density at radius 2 is 1.57 bits per heavy atom. The fourth-order valence-electron chi connectivity index (χ4n) is 2.46. The van der Waals surface area contributed by atoms with Gasteiger partial charge in [-0.15, -0.1) is 0 Å². The van der Waals surface area contributed by atoms with Gasteiger partial charge in [-0.2, -0.15) is 17.9 Å². The first-order chi connectivity index (χ1) is 13.4. The van der Waals surface area contributed by atoms with Crippen LogP contribution >= 0.6 is 0 Å². The van der Waals surface area contributed by atoms with E-state index in [0.29, 0.717) is 6.61 Å². The molecule has 3 aromatic rings. The van der Waals surface area contributed by atoms with Crippen LogP contribution in [0.5, 0.6) is 5.75 Å². The summed E-state index contributed by atoms with van der Waals surface area (Å²) in [6.45, 7) is 2.40. The van der Waals surface area contributed by atoms with Gasteiger partial charge in [0.25, 0.3) is 10.0 Å². The third-order valence-electron chi connectivity index (χ3n) is 4.16. The minimum absolute atomic E-state index is 0.211. The molecule has 5 nitrogen and oxygen atoms in total. The van der Waals surface area contributed by atoms with E-state index in [9.17, 15) is 8.42 Å². The van der Waals surface area contributed by atoms with E-state index in [1.165, 1.54) is 13.3 Å². The Morgan fingerprint density at radius 3 is 2.21 bits per heavy atom. The molecule has 0 amide bonds. The van der Waals surface area contributed by atoms with Gasteiger partial charge < -0.3 is 4.74 Å². The van der Waals surface area contributed by atoms with Crippen LogP contribution in [0.3, 0.4) is 0 Å². The maximum Gasteiger partial charge on any atom is 0.278 e. The summed E-state index contributed by atoms with van der Waals surface area (Å²) in [6, 6.07) is 23.9. The Bertz CT molecular complexity index is 1030. The normalized spacial score (nSPS) is 11.5. The van der Waals surface area contributed by atoms with Crippen molar-refractivity contribution in [3.05, 3.63) is 95.6 Å². The minimum atomic E-state index is -3.66. The number of benzene rings is 3. The molecule has 0 aliphatic carbocycles. The molecule has 0 saturated heterocycles. The molecule has 0 N–H and O–H groups in total. The molecule has 3 rings (SSSR count). The number of hydrogen-bond donors (Lipinski definition) is 0. The molecule has 0 spiro atoms. The lowest BCUT2D eigenvalue weighted by molar-refractivity contribution is 0.306. The summed E-state index contributed by atoms with van der Waals surface area (Å²) in [4.78, 5) is 0.211. The summed E-state index contributed by atoms with van der Waals surface area (Å²) >= 11 is 0. The fraction of sp³-hybridized carbons (Fsp3) is 0.136. The average Bonchev–Trinajstić information content (AvgIpc) is 2.72. The minimum Gasteiger partial charge on any atom is -0.489 e. The van der Waals surface area contributed by atoms with Crippen molar-refractivity contribution < 1.29 is 13.2 Å². The Hall–Kier alpha value is -3.12. The molecule has 0 saturated carbocycles. The molecule has 6 heteroatoms. The molecule has 0 radical (unpaired) electrons. The van der Waals surface area contributed by atoms with Gasteiger partial charge >= 0.3 is 0 Å². The van der Waals surface area contributed by atoms with Crippen LogP contribution in [0.2, 0.25) is 0 Å². The third kappa shape index (κ3) is 4.98. The number of hydrazone groups is 1. The van der Waals surface area contributed by atoms with E-state index in [4.69, 9.17) is 4.74 Å². The van der Waals surface area contributed by atoms with Crippen LogP contribution in [-0.2, 0) is 16.6 Å². The second-order valence-corrected chi connectivity index (χ2v) is 8.29. The first-order valence-electron chi connectivity index (χ1n) is 8.81. The predicted octanol–water partition coefficient (Wildman–Crippen LogP) is 4.23. The maximum absolute atomic E-state index is 12.5. The Kier molecular flexibility index (Phi) is 6.11. The monoisotopic (exact) mass is 394 g/mol. The summed E-state index contributed by atoms with van der Waals surface area (Å²) in [7, 11) is -2.24. The topological polar surface area (TPSA) is 59.0 Å². The van der Waals surface area contributed by atoms with E-state index < -0.39 is 10.0 Å². The van der Waals surface area contributed by atoms with Crippen LogP contribution in [0.15, 0.2) is 88.9 Å². The lowest BCUT2D eigenvalue weighted by Crippen LogP contribution is -2.21. The summed E-state index contributed by atoms with van der Waals surface area (Å²) in [5.41, 5.74) is 2.87. The van der Waals surface area contributed by atoms with E-state index >= 15 is 0 Å². The number of hydrogen-bond acceptors (Lipinski definition) is 4. The van der Waals surface area contributed by atoms with Crippen LogP contribution in [0.4, 0.5) is 0 Å². The van der Waals surface area contributed by atoms with Gasteiger partial charge in [-0.1, -0.05) is 48.0 Å². The third-order valence-corrected chi connectivity index (χ3v) is 5.82. The molecule has 0 heterocycles. The number of ether oxygens (including phenoxy) is 1. The second kappa shape index (κ2) is 8.71. The molecular formula is C22H22N2O3S. The Labute approximate surface area is 166 Å². The highest BCUT2D eigenvalue weighted by atomic mass is 32.2. The van der Waals surface area contributed by atoms with E-state index in [1.54, 1.807) is 24.3 Å². The van der Waals surface area contributed by atoms with Gasteiger partial charge in [0.1, 0.15) is 12.4 Å². The van der Waals surface area contributed by atoms with Gasteiger partial charge in [0.05, 0.1) is 11.1 Å². The molecular weight excluding hydrogens is 372 g/mol. The molecule has 0 aliphatic rings. The first-order valence-corrected chi connectivity index (χ1v) is 10.3. The maximum atomic E-state index is 12.5. The Morgan fingerprint density at radius 1 is 0.929 bits per heavy atom. The van der Waals surface area contributed by atoms with Crippen LogP contribution < -0.4 is 4.74 Å². The lowest BCUT2D eigenvalue weighted by Gasteiger charge is -2.13. The van der Waals surface area contributed by atoms with Crippen molar-refractivity contribution in [2.24, 2.45) is 5.10 Å². The average molecular weight is 394 g/mol. The zero-order valence-electron chi connectivity index (χ0n) is 15.8.